The normalized spacial score (nSPS) is 28.3. The molecule has 2 saturated carbocycles. The molecule has 2 atom stereocenters. The number of fused-ring (bicyclic) bond motifs is 2. The lowest BCUT2D eigenvalue weighted by atomic mass is 9.65. The summed E-state index contributed by atoms with van der Waals surface area (Å²) in [6, 6.07) is 7.73. The number of carbonyl (C=O) groups excluding carboxylic acids is 2. The molecule has 0 radical (unpaired) electrons. The van der Waals surface area contributed by atoms with Crippen LogP contribution in [-0.2, 0) is 11.3 Å². The Hall–Kier alpha value is -1.88. The third-order valence-electron chi connectivity index (χ3n) is 5.86. The molecule has 25 heavy (non-hydrogen) atoms. The molecule has 2 unspecified atom stereocenters. The van der Waals surface area contributed by atoms with Gasteiger partial charge in [0.1, 0.15) is 0 Å². The molecule has 0 spiro atoms. The lowest BCUT2D eigenvalue weighted by molar-refractivity contribution is -0.128. The minimum absolute atomic E-state index is 0.0133. The lowest BCUT2D eigenvalue weighted by Gasteiger charge is -2.43. The fourth-order valence-electron chi connectivity index (χ4n) is 4.36. The van der Waals surface area contributed by atoms with Gasteiger partial charge >= 0.3 is 0 Å². The van der Waals surface area contributed by atoms with Gasteiger partial charge in [0.05, 0.1) is 0 Å². The van der Waals surface area contributed by atoms with Gasteiger partial charge in [-0.05, 0) is 55.2 Å². The Balaban J connectivity index is 1.53. The van der Waals surface area contributed by atoms with Crippen molar-refractivity contribution < 1.29 is 9.59 Å². The fraction of sp³-hybridized carbons (Fsp3) is 0.600. The van der Waals surface area contributed by atoms with Crippen molar-refractivity contribution in [1.29, 1.82) is 0 Å². The molecule has 1 aromatic rings. The fourth-order valence-corrected chi connectivity index (χ4v) is 4.36. The number of nitrogens with zero attached hydrogens (tertiary/aromatic N) is 1. The molecule has 2 amide bonds. The first-order valence-corrected chi connectivity index (χ1v) is 9.29. The highest BCUT2D eigenvalue weighted by molar-refractivity contribution is 5.93. The monoisotopic (exact) mass is 343 g/mol. The van der Waals surface area contributed by atoms with Crippen molar-refractivity contribution in [3.8, 4) is 0 Å². The largest absolute Gasteiger partial charge is 0.352 e. The van der Waals surface area contributed by atoms with Crippen LogP contribution in [0, 0.1) is 17.8 Å². The van der Waals surface area contributed by atoms with E-state index < -0.39 is 0 Å². The highest BCUT2D eigenvalue weighted by Gasteiger charge is 2.40. The van der Waals surface area contributed by atoms with Gasteiger partial charge in [0.25, 0.3) is 5.91 Å². The average molecular weight is 343 g/mol. The van der Waals surface area contributed by atoms with Gasteiger partial charge in [0.2, 0.25) is 5.91 Å². The number of nitrogens with one attached hydrogen (secondary N) is 1. The number of hydrogen-bond donors (Lipinski definition) is 2. The van der Waals surface area contributed by atoms with E-state index in [1.54, 1.807) is 19.0 Å². The first-order valence-electron chi connectivity index (χ1n) is 9.29. The molecule has 2 aliphatic carbocycles. The number of benzene rings is 1. The number of nitrogens with two attached hydrogens (primary N) is 1. The maximum atomic E-state index is 12.6. The van der Waals surface area contributed by atoms with Gasteiger partial charge < -0.3 is 16.0 Å². The Kier molecular flexibility index (Phi) is 5.42. The van der Waals surface area contributed by atoms with E-state index in [2.05, 4.69) is 5.32 Å². The minimum Gasteiger partial charge on any atom is -0.352 e. The SMILES string of the molecule is CN(C)C(=O)c1ccc(CNC(=O)C2CC3CCCC(C2)C3N)cc1. The molecule has 0 heterocycles. The second kappa shape index (κ2) is 7.56. The van der Waals surface area contributed by atoms with E-state index >= 15 is 0 Å². The molecule has 2 fully saturated rings. The molecule has 136 valence electrons. The van der Waals surface area contributed by atoms with Crippen LogP contribution in [0.5, 0.6) is 0 Å². The van der Waals surface area contributed by atoms with Crippen LogP contribution in [0.3, 0.4) is 0 Å². The summed E-state index contributed by atoms with van der Waals surface area (Å²) in [5.74, 6) is 1.27. The van der Waals surface area contributed by atoms with Gasteiger partial charge in [-0.1, -0.05) is 18.6 Å². The zero-order valence-electron chi connectivity index (χ0n) is 15.2. The van der Waals surface area contributed by atoms with E-state index in [9.17, 15) is 9.59 Å². The van der Waals surface area contributed by atoms with Crippen LogP contribution in [0.2, 0.25) is 0 Å². The molecule has 0 saturated heterocycles. The molecule has 3 N–H and O–H groups in total. The Labute approximate surface area is 150 Å². The number of rotatable bonds is 4. The van der Waals surface area contributed by atoms with Crippen molar-refractivity contribution in [2.75, 3.05) is 14.1 Å². The smallest absolute Gasteiger partial charge is 0.253 e. The lowest BCUT2D eigenvalue weighted by Crippen LogP contribution is -2.49. The van der Waals surface area contributed by atoms with Crippen molar-refractivity contribution >= 4 is 11.8 Å². The summed E-state index contributed by atoms with van der Waals surface area (Å²) >= 11 is 0. The summed E-state index contributed by atoms with van der Waals surface area (Å²) in [5.41, 5.74) is 7.98. The molecule has 5 nitrogen and oxygen atoms in total. The standard InChI is InChI=1S/C20H29N3O2/c1-23(2)20(25)14-8-6-13(7-9-14)12-22-19(24)17-10-15-4-3-5-16(11-17)18(15)21/h6-9,15-18H,3-5,10-12,21H2,1-2H3,(H,22,24). The molecular weight excluding hydrogens is 314 g/mol. The van der Waals surface area contributed by atoms with Gasteiger partial charge in [-0.15, -0.1) is 0 Å². The summed E-state index contributed by atoms with van der Waals surface area (Å²) in [5, 5.41) is 3.07. The third-order valence-corrected chi connectivity index (χ3v) is 5.86. The number of amides is 2. The zero-order chi connectivity index (χ0) is 18.0. The van der Waals surface area contributed by atoms with Gasteiger partial charge in [-0.3, -0.25) is 9.59 Å². The molecule has 2 bridgehead atoms. The quantitative estimate of drug-likeness (QED) is 0.880. The maximum absolute atomic E-state index is 12.6. The van der Waals surface area contributed by atoms with Crippen molar-refractivity contribution in [3.05, 3.63) is 35.4 Å². The van der Waals surface area contributed by atoms with Crippen LogP contribution >= 0.6 is 0 Å². The highest BCUT2D eigenvalue weighted by Crippen LogP contribution is 2.41. The van der Waals surface area contributed by atoms with Crippen LogP contribution in [0.4, 0.5) is 0 Å². The maximum Gasteiger partial charge on any atom is 0.253 e. The van der Waals surface area contributed by atoms with Crippen molar-refractivity contribution in [2.45, 2.75) is 44.7 Å². The third kappa shape index (κ3) is 4.03. The van der Waals surface area contributed by atoms with E-state index in [0.717, 1.165) is 18.4 Å². The van der Waals surface area contributed by atoms with E-state index in [4.69, 9.17) is 5.73 Å². The van der Waals surface area contributed by atoms with E-state index in [1.807, 2.05) is 24.3 Å². The van der Waals surface area contributed by atoms with Crippen molar-refractivity contribution in [1.82, 2.24) is 10.2 Å². The summed E-state index contributed by atoms with van der Waals surface area (Å²) in [6.45, 7) is 0.507. The van der Waals surface area contributed by atoms with Gasteiger partial charge in [-0.2, -0.15) is 0 Å². The molecule has 5 heteroatoms. The van der Waals surface area contributed by atoms with Gasteiger partial charge in [-0.25, -0.2) is 0 Å². The van der Waals surface area contributed by atoms with Crippen LogP contribution in [0.25, 0.3) is 0 Å². The summed E-state index contributed by atoms with van der Waals surface area (Å²) in [4.78, 5) is 26.0. The highest BCUT2D eigenvalue weighted by atomic mass is 16.2. The molecular formula is C20H29N3O2. The zero-order valence-corrected chi connectivity index (χ0v) is 15.2. The Morgan fingerprint density at radius 2 is 1.72 bits per heavy atom. The molecule has 1 aromatic carbocycles. The first-order chi connectivity index (χ1) is 12.0. The molecule has 3 rings (SSSR count). The van der Waals surface area contributed by atoms with E-state index in [0.29, 0.717) is 30.0 Å². The topological polar surface area (TPSA) is 75.4 Å². The average Bonchev–Trinajstić information content (AvgIpc) is 2.59. The van der Waals surface area contributed by atoms with E-state index in [-0.39, 0.29) is 17.7 Å². The van der Waals surface area contributed by atoms with Crippen LogP contribution in [-0.4, -0.2) is 36.9 Å². The number of carbonyl (C=O) groups is 2. The molecule has 0 aromatic heterocycles. The predicted octanol–water partition coefficient (Wildman–Crippen LogP) is 2.16. The first kappa shape index (κ1) is 17.9. The predicted molar refractivity (Wildman–Crippen MR) is 97.8 cm³/mol. The van der Waals surface area contributed by atoms with Crippen LogP contribution in [0.15, 0.2) is 24.3 Å². The Morgan fingerprint density at radius 3 is 2.28 bits per heavy atom. The molecule has 0 aliphatic heterocycles. The second-order valence-electron chi connectivity index (χ2n) is 7.81. The van der Waals surface area contributed by atoms with Crippen molar-refractivity contribution in [2.24, 2.45) is 23.5 Å². The summed E-state index contributed by atoms with van der Waals surface area (Å²) in [6.07, 6.45) is 5.46. The van der Waals surface area contributed by atoms with Crippen LogP contribution in [0.1, 0.15) is 48.0 Å². The summed E-state index contributed by atoms with van der Waals surface area (Å²) < 4.78 is 0. The van der Waals surface area contributed by atoms with Gasteiger partial charge in [0, 0.05) is 38.2 Å². The van der Waals surface area contributed by atoms with E-state index in [1.165, 1.54) is 19.3 Å². The Morgan fingerprint density at radius 1 is 1.12 bits per heavy atom. The van der Waals surface area contributed by atoms with Gasteiger partial charge in [0.15, 0.2) is 0 Å². The molecule has 2 aliphatic rings. The number of hydrogen-bond acceptors (Lipinski definition) is 3. The summed E-state index contributed by atoms with van der Waals surface area (Å²) in [7, 11) is 3.48. The minimum atomic E-state index is -0.0133. The van der Waals surface area contributed by atoms with Crippen molar-refractivity contribution in [3.63, 3.8) is 0 Å². The second-order valence-corrected chi connectivity index (χ2v) is 7.81. The van der Waals surface area contributed by atoms with Crippen LogP contribution < -0.4 is 11.1 Å². The Bertz CT molecular complexity index is 612.